The number of nitrogens with zero attached hydrogens (tertiary/aromatic N) is 1. The molecule has 2 atom stereocenters. The minimum atomic E-state index is -1.84. The highest BCUT2D eigenvalue weighted by atomic mass is 79.9. The van der Waals surface area contributed by atoms with Gasteiger partial charge in [0.25, 0.3) is 0 Å². The largest absolute Gasteiger partial charge is 0.479 e. The topological polar surface area (TPSA) is 98.4 Å². The first-order valence-corrected chi connectivity index (χ1v) is 5.90. The van der Waals surface area contributed by atoms with Gasteiger partial charge in [0.05, 0.1) is 16.5 Å². The fourth-order valence-electron chi connectivity index (χ4n) is 1.55. The lowest BCUT2D eigenvalue weighted by Crippen LogP contribution is -2.16. The Bertz CT molecular complexity index is 535. The lowest BCUT2D eigenvalue weighted by atomic mass is 9.94. The second-order valence-electron chi connectivity index (χ2n) is 3.63. The molecule has 0 aliphatic heterocycles. The smallest absolute Gasteiger partial charge is 0.337 e. The van der Waals surface area contributed by atoms with Crippen LogP contribution in [-0.4, -0.2) is 22.0 Å². The number of aliphatic hydroxyl groups excluding tert-OH is 1. The summed E-state index contributed by atoms with van der Waals surface area (Å²) in [6.07, 6.45) is -1.84. The zero-order valence-corrected chi connectivity index (χ0v) is 11.0. The number of carboxylic acid groups (broad SMARTS) is 1. The molecule has 6 heteroatoms. The third-order valence-electron chi connectivity index (χ3n) is 2.40. The van der Waals surface area contributed by atoms with Crippen molar-refractivity contribution in [3.63, 3.8) is 0 Å². The number of hydrogen-bond donors (Lipinski definition) is 2. The Kier molecular flexibility index (Phi) is 4.59. The van der Waals surface area contributed by atoms with Crippen LogP contribution in [0, 0.1) is 11.3 Å². The molecule has 94 valence electrons. The van der Waals surface area contributed by atoms with E-state index in [2.05, 4.69) is 15.9 Å². The summed E-state index contributed by atoms with van der Waals surface area (Å²) in [5, 5.41) is 27.4. The fraction of sp³-hybridized carbons (Fsp3) is 0.250. The van der Waals surface area contributed by atoms with Crippen LogP contribution in [0.1, 0.15) is 34.5 Å². The molecule has 0 aromatic heterocycles. The molecule has 0 aliphatic carbocycles. The quantitative estimate of drug-likeness (QED) is 0.825. The van der Waals surface area contributed by atoms with E-state index in [-0.39, 0.29) is 22.5 Å². The SMILES string of the molecule is CC(=O)C(Br)c1cccc(C#N)c1C(O)C(=O)O. The normalized spacial score (nSPS) is 13.4. The number of halogens is 1. The average Bonchev–Trinajstić information content (AvgIpc) is 2.35. The van der Waals surface area contributed by atoms with Crippen LogP contribution in [0.25, 0.3) is 0 Å². The van der Waals surface area contributed by atoms with Crippen molar-refractivity contribution in [2.24, 2.45) is 0 Å². The van der Waals surface area contributed by atoms with Gasteiger partial charge in [0.1, 0.15) is 5.78 Å². The first-order chi connectivity index (χ1) is 8.40. The van der Waals surface area contributed by atoms with Gasteiger partial charge in [-0.1, -0.05) is 28.1 Å². The van der Waals surface area contributed by atoms with Crippen molar-refractivity contribution >= 4 is 27.7 Å². The van der Waals surface area contributed by atoms with E-state index in [4.69, 9.17) is 10.4 Å². The summed E-state index contributed by atoms with van der Waals surface area (Å²) >= 11 is 3.12. The number of benzene rings is 1. The minimum Gasteiger partial charge on any atom is -0.479 e. The zero-order valence-electron chi connectivity index (χ0n) is 9.42. The van der Waals surface area contributed by atoms with Crippen molar-refractivity contribution < 1.29 is 19.8 Å². The minimum absolute atomic E-state index is 0.0353. The number of aliphatic hydroxyl groups is 1. The number of carbonyl (C=O) groups excluding carboxylic acids is 1. The van der Waals surface area contributed by atoms with Gasteiger partial charge in [-0.3, -0.25) is 4.79 Å². The predicted octanol–water partition coefficient (Wildman–Crippen LogP) is 1.70. The van der Waals surface area contributed by atoms with E-state index < -0.39 is 16.9 Å². The molecule has 0 amide bonds. The van der Waals surface area contributed by atoms with Crippen LogP contribution in [0.3, 0.4) is 0 Å². The molecule has 1 aromatic rings. The molecular formula is C12H10BrNO4. The van der Waals surface area contributed by atoms with E-state index in [0.29, 0.717) is 0 Å². The number of aliphatic carboxylic acids is 1. The fourth-order valence-corrected chi connectivity index (χ4v) is 1.95. The average molecular weight is 312 g/mol. The molecule has 18 heavy (non-hydrogen) atoms. The molecule has 2 unspecified atom stereocenters. The van der Waals surface area contributed by atoms with Crippen LogP contribution < -0.4 is 0 Å². The molecule has 2 N–H and O–H groups in total. The predicted molar refractivity (Wildman–Crippen MR) is 66.1 cm³/mol. The van der Waals surface area contributed by atoms with Crippen molar-refractivity contribution in [1.29, 1.82) is 5.26 Å². The first-order valence-electron chi connectivity index (χ1n) is 4.98. The molecule has 0 saturated carbocycles. The lowest BCUT2D eigenvalue weighted by molar-refractivity contribution is -0.147. The van der Waals surface area contributed by atoms with Crippen LogP contribution in [0.4, 0.5) is 0 Å². The molecule has 0 fully saturated rings. The van der Waals surface area contributed by atoms with Gasteiger partial charge in [-0.2, -0.15) is 5.26 Å². The number of nitriles is 1. The second kappa shape index (κ2) is 5.76. The Labute approximate surface area is 112 Å². The van der Waals surface area contributed by atoms with Gasteiger partial charge in [-0.15, -0.1) is 0 Å². The Morgan fingerprint density at radius 3 is 2.50 bits per heavy atom. The first kappa shape index (κ1) is 14.4. The Hall–Kier alpha value is -1.71. The van der Waals surface area contributed by atoms with Gasteiger partial charge in [-0.05, 0) is 18.6 Å². The van der Waals surface area contributed by atoms with Crippen LogP contribution in [0.15, 0.2) is 18.2 Å². The number of rotatable bonds is 4. The highest BCUT2D eigenvalue weighted by Crippen LogP contribution is 2.32. The summed E-state index contributed by atoms with van der Waals surface area (Å²) in [5.41, 5.74) is 0.272. The van der Waals surface area contributed by atoms with Crippen molar-refractivity contribution in [1.82, 2.24) is 0 Å². The van der Waals surface area contributed by atoms with Crippen LogP contribution >= 0.6 is 15.9 Å². The van der Waals surface area contributed by atoms with E-state index in [1.807, 2.05) is 6.07 Å². The molecule has 0 saturated heterocycles. The summed E-state index contributed by atoms with van der Waals surface area (Å²) < 4.78 is 0. The number of ketones is 1. The monoisotopic (exact) mass is 311 g/mol. The molecular weight excluding hydrogens is 302 g/mol. The third-order valence-corrected chi connectivity index (χ3v) is 3.54. The molecule has 5 nitrogen and oxygen atoms in total. The molecule has 0 spiro atoms. The number of hydrogen-bond acceptors (Lipinski definition) is 4. The van der Waals surface area contributed by atoms with Gasteiger partial charge in [0.15, 0.2) is 6.10 Å². The van der Waals surface area contributed by atoms with E-state index in [9.17, 15) is 14.7 Å². The Balaban J connectivity index is 3.48. The molecule has 0 heterocycles. The Morgan fingerprint density at radius 1 is 1.44 bits per heavy atom. The van der Waals surface area contributed by atoms with E-state index in [1.165, 1.54) is 25.1 Å². The van der Waals surface area contributed by atoms with Gasteiger partial charge < -0.3 is 10.2 Å². The summed E-state index contributed by atoms with van der Waals surface area (Å²) in [5.74, 6) is -1.72. The molecule has 1 rings (SSSR count). The van der Waals surface area contributed by atoms with E-state index >= 15 is 0 Å². The van der Waals surface area contributed by atoms with E-state index in [0.717, 1.165) is 0 Å². The van der Waals surface area contributed by atoms with Crippen molar-refractivity contribution in [2.75, 3.05) is 0 Å². The van der Waals surface area contributed by atoms with E-state index in [1.54, 1.807) is 0 Å². The van der Waals surface area contributed by atoms with Crippen molar-refractivity contribution in [3.8, 4) is 6.07 Å². The van der Waals surface area contributed by atoms with Gasteiger partial charge in [-0.25, -0.2) is 4.79 Å². The standard InChI is InChI=1S/C12H10BrNO4/c1-6(15)10(13)8-4-2-3-7(5-14)9(8)11(16)12(17)18/h2-4,10-11,16H,1H3,(H,17,18). The third kappa shape index (κ3) is 2.75. The number of alkyl halides is 1. The highest BCUT2D eigenvalue weighted by molar-refractivity contribution is 9.09. The number of Topliss-reactive ketones (excluding diaryl/α,β-unsaturated/α-hetero) is 1. The van der Waals surface area contributed by atoms with Gasteiger partial charge in [0.2, 0.25) is 0 Å². The molecule has 0 bridgehead atoms. The summed E-state index contributed by atoms with van der Waals surface area (Å²) in [7, 11) is 0. The summed E-state index contributed by atoms with van der Waals surface area (Å²) in [6, 6.07) is 6.24. The van der Waals surface area contributed by atoms with Crippen LogP contribution in [0.5, 0.6) is 0 Å². The van der Waals surface area contributed by atoms with Crippen LogP contribution in [-0.2, 0) is 9.59 Å². The maximum absolute atomic E-state index is 11.3. The maximum Gasteiger partial charge on any atom is 0.337 e. The second-order valence-corrected chi connectivity index (χ2v) is 4.55. The Morgan fingerprint density at radius 2 is 2.06 bits per heavy atom. The zero-order chi connectivity index (χ0) is 13.9. The summed E-state index contributed by atoms with van der Waals surface area (Å²) in [4.78, 5) is 21.4. The molecule has 0 radical (unpaired) electrons. The molecule has 1 aromatic carbocycles. The number of carboxylic acids is 1. The lowest BCUT2D eigenvalue weighted by Gasteiger charge is -2.16. The highest BCUT2D eigenvalue weighted by Gasteiger charge is 2.27. The van der Waals surface area contributed by atoms with Crippen molar-refractivity contribution in [2.45, 2.75) is 17.9 Å². The molecule has 0 aliphatic rings. The van der Waals surface area contributed by atoms with Crippen molar-refractivity contribution in [3.05, 3.63) is 34.9 Å². The van der Waals surface area contributed by atoms with Gasteiger partial charge in [0, 0.05) is 5.56 Å². The van der Waals surface area contributed by atoms with Crippen LogP contribution in [0.2, 0.25) is 0 Å². The number of carbonyl (C=O) groups is 2. The maximum atomic E-state index is 11.3. The van der Waals surface area contributed by atoms with Gasteiger partial charge >= 0.3 is 5.97 Å². The summed E-state index contributed by atoms with van der Waals surface area (Å²) in [6.45, 7) is 1.33.